The van der Waals surface area contributed by atoms with Crippen LogP contribution in [0, 0.1) is 4.77 Å². The van der Waals surface area contributed by atoms with Gasteiger partial charge < -0.3 is 24.3 Å². The number of benzene rings is 1. The summed E-state index contributed by atoms with van der Waals surface area (Å²) in [5.74, 6) is 1.23. The van der Waals surface area contributed by atoms with Crippen LogP contribution in [-0.2, 0) is 11.3 Å². The van der Waals surface area contributed by atoms with Crippen LogP contribution < -0.4 is 14.8 Å². The number of amides is 1. The maximum atomic E-state index is 10.9. The van der Waals surface area contributed by atoms with Gasteiger partial charge in [-0.3, -0.25) is 4.79 Å². The minimum Gasteiger partial charge on any atom is -0.493 e. The highest BCUT2D eigenvalue weighted by atomic mass is 32.1. The molecule has 6 nitrogen and oxygen atoms in total. The zero-order chi connectivity index (χ0) is 14.7. The highest BCUT2D eigenvalue weighted by Crippen LogP contribution is 2.31. The molecule has 0 fully saturated rings. The van der Waals surface area contributed by atoms with Crippen LogP contribution in [0.15, 0.2) is 12.1 Å². The number of aromatic amines is 1. The molecular formula is C13H17N3O3S. The van der Waals surface area contributed by atoms with Crippen LogP contribution in [0.1, 0.15) is 6.92 Å². The molecule has 2 N–H and O–H groups in total. The lowest BCUT2D eigenvalue weighted by molar-refractivity contribution is -0.118. The Morgan fingerprint density at radius 3 is 2.60 bits per heavy atom. The van der Waals surface area contributed by atoms with E-state index in [1.807, 2.05) is 16.7 Å². The van der Waals surface area contributed by atoms with Crippen LogP contribution in [0.2, 0.25) is 0 Å². The van der Waals surface area contributed by atoms with Crippen molar-refractivity contribution in [1.29, 1.82) is 0 Å². The van der Waals surface area contributed by atoms with E-state index >= 15 is 0 Å². The Balaban J connectivity index is 2.41. The molecule has 108 valence electrons. The predicted octanol–water partition coefficient (Wildman–Crippen LogP) is 1.85. The Morgan fingerprint density at radius 1 is 1.35 bits per heavy atom. The number of aromatic nitrogens is 2. The molecule has 0 spiro atoms. The first-order valence-electron chi connectivity index (χ1n) is 6.15. The van der Waals surface area contributed by atoms with Crippen molar-refractivity contribution in [3.05, 3.63) is 16.9 Å². The van der Waals surface area contributed by atoms with E-state index in [1.165, 1.54) is 6.92 Å². The van der Waals surface area contributed by atoms with Gasteiger partial charge in [0, 0.05) is 32.1 Å². The van der Waals surface area contributed by atoms with Crippen molar-refractivity contribution in [1.82, 2.24) is 14.9 Å². The molecule has 1 heterocycles. The van der Waals surface area contributed by atoms with Crippen molar-refractivity contribution in [3.8, 4) is 11.5 Å². The number of rotatable bonds is 5. The summed E-state index contributed by atoms with van der Waals surface area (Å²) in [6.45, 7) is 2.60. The smallest absolute Gasteiger partial charge is 0.216 e. The molecule has 0 saturated carbocycles. The average molecular weight is 295 g/mol. The minimum absolute atomic E-state index is 0.0596. The first-order valence-corrected chi connectivity index (χ1v) is 6.56. The second-order valence-electron chi connectivity index (χ2n) is 4.29. The Labute approximate surface area is 121 Å². The average Bonchev–Trinajstić information content (AvgIpc) is 2.72. The number of nitrogens with zero attached hydrogens (tertiary/aromatic N) is 1. The van der Waals surface area contributed by atoms with Crippen molar-refractivity contribution in [2.24, 2.45) is 0 Å². The van der Waals surface area contributed by atoms with Gasteiger partial charge in [0.15, 0.2) is 16.3 Å². The quantitative estimate of drug-likeness (QED) is 0.826. The number of ether oxygens (including phenoxy) is 2. The largest absolute Gasteiger partial charge is 0.493 e. The van der Waals surface area contributed by atoms with Crippen molar-refractivity contribution in [2.45, 2.75) is 13.5 Å². The summed E-state index contributed by atoms with van der Waals surface area (Å²) in [5, 5.41) is 2.75. The SMILES string of the molecule is COc1cc2[nH]c(=S)n(CCNC(C)=O)c2cc1OC. The highest BCUT2D eigenvalue weighted by molar-refractivity contribution is 7.71. The van der Waals surface area contributed by atoms with Crippen molar-refractivity contribution in [2.75, 3.05) is 20.8 Å². The lowest BCUT2D eigenvalue weighted by atomic mass is 10.2. The molecule has 1 aromatic heterocycles. The molecule has 0 aliphatic rings. The fraction of sp³-hybridized carbons (Fsp3) is 0.385. The fourth-order valence-corrected chi connectivity index (χ4v) is 2.35. The monoisotopic (exact) mass is 295 g/mol. The van der Waals surface area contributed by atoms with Crippen LogP contribution >= 0.6 is 12.2 Å². The summed E-state index contributed by atoms with van der Waals surface area (Å²) >= 11 is 5.30. The normalized spacial score (nSPS) is 10.6. The summed E-state index contributed by atoms with van der Waals surface area (Å²) < 4.78 is 13.1. The van der Waals surface area contributed by atoms with E-state index in [0.717, 1.165) is 11.0 Å². The Morgan fingerprint density at radius 2 is 2.00 bits per heavy atom. The number of nitrogens with one attached hydrogen (secondary N) is 2. The van der Waals surface area contributed by atoms with Gasteiger partial charge in [0.2, 0.25) is 5.91 Å². The van der Waals surface area contributed by atoms with Gasteiger partial charge in [-0.25, -0.2) is 0 Å². The molecule has 0 bridgehead atoms. The van der Waals surface area contributed by atoms with Crippen LogP contribution in [0.4, 0.5) is 0 Å². The lowest BCUT2D eigenvalue weighted by Gasteiger charge is -2.09. The number of H-pyrrole nitrogens is 1. The van der Waals surface area contributed by atoms with Crippen LogP contribution in [-0.4, -0.2) is 36.2 Å². The van der Waals surface area contributed by atoms with Gasteiger partial charge in [-0.15, -0.1) is 0 Å². The molecule has 2 rings (SSSR count). The van der Waals surface area contributed by atoms with Gasteiger partial charge >= 0.3 is 0 Å². The molecular weight excluding hydrogens is 278 g/mol. The number of carbonyl (C=O) groups excluding carboxylic acids is 1. The molecule has 2 aromatic rings. The molecule has 20 heavy (non-hydrogen) atoms. The third-order valence-electron chi connectivity index (χ3n) is 2.99. The number of imidazole rings is 1. The predicted molar refractivity (Wildman–Crippen MR) is 78.9 cm³/mol. The second kappa shape index (κ2) is 5.96. The van der Waals surface area contributed by atoms with Gasteiger partial charge in [-0.1, -0.05) is 0 Å². The summed E-state index contributed by atoms with van der Waals surface area (Å²) in [6.07, 6.45) is 0. The van der Waals surface area contributed by atoms with Gasteiger partial charge in [0.25, 0.3) is 0 Å². The molecule has 0 atom stereocenters. The van der Waals surface area contributed by atoms with E-state index in [-0.39, 0.29) is 5.91 Å². The van der Waals surface area contributed by atoms with Gasteiger partial charge in [0.05, 0.1) is 25.3 Å². The lowest BCUT2D eigenvalue weighted by Crippen LogP contribution is -2.24. The molecule has 0 radical (unpaired) electrons. The maximum Gasteiger partial charge on any atom is 0.216 e. The van der Waals surface area contributed by atoms with Crippen molar-refractivity contribution in [3.63, 3.8) is 0 Å². The Kier molecular flexibility index (Phi) is 4.29. The van der Waals surface area contributed by atoms with Crippen LogP contribution in [0.3, 0.4) is 0 Å². The van der Waals surface area contributed by atoms with Crippen molar-refractivity contribution < 1.29 is 14.3 Å². The molecule has 1 amide bonds. The highest BCUT2D eigenvalue weighted by Gasteiger charge is 2.11. The standard InChI is InChI=1S/C13H17N3O3S/c1-8(17)14-4-5-16-10-7-12(19-3)11(18-2)6-9(10)15-13(16)20/h6-7H,4-5H2,1-3H3,(H,14,17)(H,15,20). The second-order valence-corrected chi connectivity index (χ2v) is 4.68. The zero-order valence-corrected chi connectivity index (χ0v) is 12.5. The van der Waals surface area contributed by atoms with E-state index < -0.39 is 0 Å². The van der Waals surface area contributed by atoms with Gasteiger partial charge in [-0.2, -0.15) is 0 Å². The topological polar surface area (TPSA) is 68.3 Å². The van der Waals surface area contributed by atoms with E-state index in [4.69, 9.17) is 21.7 Å². The minimum atomic E-state index is -0.0596. The summed E-state index contributed by atoms with van der Waals surface area (Å²) in [4.78, 5) is 14.0. The number of carbonyl (C=O) groups is 1. The van der Waals surface area contributed by atoms with E-state index in [9.17, 15) is 4.79 Å². The maximum absolute atomic E-state index is 10.9. The van der Waals surface area contributed by atoms with Crippen molar-refractivity contribution >= 4 is 29.2 Å². The number of methoxy groups -OCH3 is 2. The van der Waals surface area contributed by atoms with E-state index in [2.05, 4.69) is 10.3 Å². The van der Waals surface area contributed by atoms with Crippen LogP contribution in [0.25, 0.3) is 11.0 Å². The molecule has 0 aliphatic carbocycles. The number of hydrogen-bond donors (Lipinski definition) is 2. The molecule has 0 saturated heterocycles. The summed E-state index contributed by atoms with van der Waals surface area (Å²) in [5.41, 5.74) is 1.79. The van der Waals surface area contributed by atoms with Crippen LogP contribution in [0.5, 0.6) is 11.5 Å². The first-order chi connectivity index (χ1) is 9.56. The fourth-order valence-electron chi connectivity index (χ4n) is 2.05. The molecule has 1 aromatic carbocycles. The van der Waals surface area contributed by atoms with Gasteiger partial charge in [0.1, 0.15) is 0 Å². The Hall–Kier alpha value is -2.02. The molecule has 7 heteroatoms. The molecule has 0 unspecified atom stereocenters. The molecule has 0 aliphatic heterocycles. The van der Waals surface area contributed by atoms with Gasteiger partial charge in [-0.05, 0) is 12.2 Å². The number of fused-ring (bicyclic) bond motifs is 1. The van der Waals surface area contributed by atoms with E-state index in [1.54, 1.807) is 14.2 Å². The number of hydrogen-bond acceptors (Lipinski definition) is 4. The Bertz CT molecular complexity index is 690. The third-order valence-corrected chi connectivity index (χ3v) is 3.31. The zero-order valence-electron chi connectivity index (χ0n) is 11.6. The first kappa shape index (κ1) is 14.4. The third kappa shape index (κ3) is 2.77. The van der Waals surface area contributed by atoms with E-state index in [0.29, 0.717) is 29.4 Å². The summed E-state index contributed by atoms with van der Waals surface area (Å²) in [6, 6.07) is 3.72. The summed E-state index contributed by atoms with van der Waals surface area (Å²) in [7, 11) is 3.18.